The van der Waals surface area contributed by atoms with Gasteiger partial charge in [-0.25, -0.2) is 0 Å². The van der Waals surface area contributed by atoms with Gasteiger partial charge in [0.25, 0.3) is 0 Å². The van der Waals surface area contributed by atoms with Gasteiger partial charge >= 0.3 is 0 Å². The summed E-state index contributed by atoms with van der Waals surface area (Å²) >= 11 is 0. The molecule has 0 aromatic carbocycles. The van der Waals surface area contributed by atoms with Crippen LogP contribution in [0.5, 0.6) is 0 Å². The molecule has 1 aliphatic heterocycles. The Labute approximate surface area is 93.0 Å². The molecule has 0 radical (unpaired) electrons. The first-order chi connectivity index (χ1) is 7.14. The van der Waals surface area contributed by atoms with Crippen LogP contribution < -0.4 is 0 Å². The molecule has 1 saturated carbocycles. The Morgan fingerprint density at radius 1 is 1.27 bits per heavy atom. The maximum absolute atomic E-state index is 11.2. The highest BCUT2D eigenvalue weighted by Gasteiger charge is 2.44. The summed E-state index contributed by atoms with van der Waals surface area (Å²) in [7, 11) is 0. The second-order valence-electron chi connectivity index (χ2n) is 5.48. The molecule has 0 bridgehead atoms. The average Bonchev–Trinajstić information content (AvgIpc) is 2.76. The van der Waals surface area contributed by atoms with Gasteiger partial charge in [-0.1, -0.05) is 12.8 Å². The molecule has 2 nitrogen and oxygen atoms in total. The molecule has 15 heavy (non-hydrogen) atoms. The van der Waals surface area contributed by atoms with Crippen LogP contribution in [-0.2, 0) is 4.79 Å². The lowest BCUT2D eigenvalue weighted by Crippen LogP contribution is -2.47. The molecular formula is C13H23NO. The molecule has 2 aliphatic rings. The molecule has 86 valence electrons. The highest BCUT2D eigenvalue weighted by atomic mass is 16.1. The number of rotatable bonds is 3. The number of ketones is 1. The van der Waals surface area contributed by atoms with E-state index >= 15 is 0 Å². The van der Waals surface area contributed by atoms with Crippen molar-refractivity contribution >= 4 is 5.78 Å². The maximum atomic E-state index is 11.2. The number of carbonyl (C=O) groups is 1. The first kappa shape index (κ1) is 11.1. The molecule has 2 fully saturated rings. The van der Waals surface area contributed by atoms with Gasteiger partial charge in [0, 0.05) is 18.0 Å². The van der Waals surface area contributed by atoms with Gasteiger partial charge in [0.2, 0.25) is 0 Å². The van der Waals surface area contributed by atoms with E-state index in [-0.39, 0.29) is 0 Å². The van der Waals surface area contributed by atoms with E-state index in [0.717, 1.165) is 6.42 Å². The maximum Gasteiger partial charge on any atom is 0.131 e. The highest BCUT2D eigenvalue weighted by Crippen LogP contribution is 2.44. The monoisotopic (exact) mass is 209 g/mol. The Bertz CT molecular complexity index is 237. The topological polar surface area (TPSA) is 20.3 Å². The Morgan fingerprint density at radius 2 is 1.87 bits per heavy atom. The molecule has 1 atom stereocenters. The third-order valence-electron chi connectivity index (χ3n) is 4.30. The van der Waals surface area contributed by atoms with E-state index in [2.05, 4.69) is 11.8 Å². The summed E-state index contributed by atoms with van der Waals surface area (Å²) in [6.07, 6.45) is 8.97. The fourth-order valence-corrected chi connectivity index (χ4v) is 3.74. The molecule has 1 aliphatic carbocycles. The van der Waals surface area contributed by atoms with Crippen LogP contribution in [0.1, 0.15) is 58.8 Å². The van der Waals surface area contributed by atoms with Crippen molar-refractivity contribution in [3.63, 3.8) is 0 Å². The van der Waals surface area contributed by atoms with E-state index in [9.17, 15) is 4.79 Å². The van der Waals surface area contributed by atoms with Crippen LogP contribution in [-0.4, -0.2) is 28.8 Å². The lowest BCUT2D eigenvalue weighted by atomic mass is 9.92. The van der Waals surface area contributed by atoms with Gasteiger partial charge < -0.3 is 0 Å². The molecule has 1 spiro atoms. The number of Topliss-reactive ketones (excluding diaryl/α,β-unsaturated/α-hetero) is 1. The largest absolute Gasteiger partial charge is 0.300 e. The fraction of sp³-hybridized carbons (Fsp3) is 0.923. The fourth-order valence-electron chi connectivity index (χ4n) is 3.74. The zero-order chi connectivity index (χ0) is 10.9. The predicted molar refractivity (Wildman–Crippen MR) is 61.9 cm³/mol. The van der Waals surface area contributed by atoms with Crippen LogP contribution in [0.15, 0.2) is 0 Å². The molecule has 1 saturated heterocycles. The third kappa shape index (κ3) is 2.10. The quantitative estimate of drug-likeness (QED) is 0.712. The van der Waals surface area contributed by atoms with Crippen molar-refractivity contribution in [3.05, 3.63) is 0 Å². The minimum absolute atomic E-state index is 0.336. The van der Waals surface area contributed by atoms with Gasteiger partial charge in [0.05, 0.1) is 0 Å². The van der Waals surface area contributed by atoms with E-state index in [1.54, 1.807) is 6.92 Å². The van der Waals surface area contributed by atoms with Gasteiger partial charge in [-0.15, -0.1) is 0 Å². The van der Waals surface area contributed by atoms with E-state index in [4.69, 9.17) is 0 Å². The van der Waals surface area contributed by atoms with Crippen molar-refractivity contribution in [2.24, 2.45) is 0 Å². The zero-order valence-corrected chi connectivity index (χ0v) is 10.1. The molecular weight excluding hydrogens is 186 g/mol. The van der Waals surface area contributed by atoms with E-state index in [0.29, 0.717) is 17.4 Å². The minimum Gasteiger partial charge on any atom is -0.300 e. The second kappa shape index (κ2) is 4.25. The summed E-state index contributed by atoms with van der Waals surface area (Å²) in [4.78, 5) is 13.8. The molecule has 0 aromatic heterocycles. The first-order valence-electron chi connectivity index (χ1n) is 6.40. The van der Waals surface area contributed by atoms with E-state index in [1.807, 2.05) is 0 Å². The summed E-state index contributed by atoms with van der Waals surface area (Å²) in [5.41, 5.74) is 0.495. The molecule has 0 N–H and O–H groups in total. The van der Waals surface area contributed by atoms with Gasteiger partial charge in [-0.05, 0) is 46.1 Å². The van der Waals surface area contributed by atoms with Crippen molar-refractivity contribution in [1.29, 1.82) is 0 Å². The summed E-state index contributed by atoms with van der Waals surface area (Å²) in [6.45, 7) is 5.16. The van der Waals surface area contributed by atoms with Gasteiger partial charge in [-0.2, -0.15) is 0 Å². The number of likely N-dealkylation sites (tertiary alicyclic amines) is 1. The Balaban J connectivity index is 2.03. The number of nitrogens with zero attached hydrogens (tertiary/aromatic N) is 1. The van der Waals surface area contributed by atoms with Crippen LogP contribution in [0.3, 0.4) is 0 Å². The lowest BCUT2D eigenvalue weighted by molar-refractivity contribution is -0.118. The predicted octanol–water partition coefficient (Wildman–Crippen LogP) is 2.76. The van der Waals surface area contributed by atoms with Crippen molar-refractivity contribution in [2.75, 3.05) is 6.54 Å². The van der Waals surface area contributed by atoms with Gasteiger partial charge in [-0.3, -0.25) is 9.69 Å². The molecule has 0 amide bonds. The van der Waals surface area contributed by atoms with E-state index in [1.165, 1.54) is 45.1 Å². The Hall–Kier alpha value is -0.370. The van der Waals surface area contributed by atoms with E-state index < -0.39 is 0 Å². The summed E-state index contributed by atoms with van der Waals surface area (Å²) < 4.78 is 0. The zero-order valence-electron chi connectivity index (χ0n) is 10.1. The van der Waals surface area contributed by atoms with Gasteiger partial charge in [0.15, 0.2) is 0 Å². The number of hydrogen-bond donors (Lipinski definition) is 0. The standard InChI is InChI=1S/C13H23NO/c1-11(10-12(2)15)14-9-5-8-13(14)6-3-4-7-13/h11H,3-10H2,1-2H3. The molecule has 0 aromatic rings. The van der Waals surface area contributed by atoms with Crippen molar-refractivity contribution in [3.8, 4) is 0 Å². The minimum atomic E-state index is 0.336. The number of carbonyl (C=O) groups excluding carboxylic acids is 1. The summed E-state index contributed by atoms with van der Waals surface area (Å²) in [6, 6.07) is 0.461. The molecule has 1 unspecified atom stereocenters. The van der Waals surface area contributed by atoms with Crippen molar-refractivity contribution < 1.29 is 4.79 Å². The smallest absolute Gasteiger partial charge is 0.131 e. The van der Waals surface area contributed by atoms with Crippen LogP contribution in [0.4, 0.5) is 0 Å². The molecule has 2 rings (SSSR count). The molecule has 2 heteroatoms. The average molecular weight is 209 g/mol. The molecule has 1 heterocycles. The first-order valence-corrected chi connectivity index (χ1v) is 6.40. The van der Waals surface area contributed by atoms with Crippen LogP contribution in [0.25, 0.3) is 0 Å². The summed E-state index contributed by atoms with van der Waals surface area (Å²) in [5, 5.41) is 0. The van der Waals surface area contributed by atoms with Crippen molar-refractivity contribution in [1.82, 2.24) is 4.90 Å². The highest BCUT2D eigenvalue weighted by molar-refractivity contribution is 5.76. The van der Waals surface area contributed by atoms with Crippen LogP contribution in [0.2, 0.25) is 0 Å². The SMILES string of the molecule is CC(=O)CC(C)N1CCCC12CCCC2. The lowest BCUT2D eigenvalue weighted by Gasteiger charge is -2.39. The normalized spacial score (nSPS) is 27.3. The van der Waals surface area contributed by atoms with Crippen LogP contribution in [0, 0.1) is 0 Å². The second-order valence-corrected chi connectivity index (χ2v) is 5.48. The van der Waals surface area contributed by atoms with Gasteiger partial charge in [0.1, 0.15) is 5.78 Å². The third-order valence-corrected chi connectivity index (χ3v) is 4.30. The van der Waals surface area contributed by atoms with Crippen molar-refractivity contribution in [2.45, 2.75) is 70.4 Å². The number of hydrogen-bond acceptors (Lipinski definition) is 2. The Morgan fingerprint density at radius 3 is 2.47 bits per heavy atom. The Kier molecular flexibility index (Phi) is 3.15. The summed E-state index contributed by atoms with van der Waals surface area (Å²) in [5.74, 6) is 0.336. The van der Waals surface area contributed by atoms with Crippen LogP contribution >= 0.6 is 0 Å².